The molecule has 0 aliphatic heterocycles. The minimum Gasteiger partial charge on any atom is -0.385 e. The summed E-state index contributed by atoms with van der Waals surface area (Å²) in [5, 5.41) is 18.0. The molecule has 0 radical (unpaired) electrons. The minimum absolute atomic E-state index is 0.827. The number of fused-ring (bicyclic) bond motifs is 4. The molecule has 2 nitrogen and oxygen atoms in total. The molecule has 0 aliphatic rings. The van der Waals surface area contributed by atoms with Crippen molar-refractivity contribution in [2.45, 2.75) is 161 Å². The Hall–Kier alpha value is -2.62. The fourth-order valence-corrected chi connectivity index (χ4v) is 8.62. The van der Waals surface area contributed by atoms with Crippen molar-refractivity contribution in [3.63, 3.8) is 0 Å². The maximum atomic E-state index is 12.9. The molecule has 270 valence electrons. The van der Waals surface area contributed by atoms with E-state index in [0.29, 0.717) is 0 Å². The number of hydrogen-bond acceptors (Lipinski definition) is 1. The van der Waals surface area contributed by atoms with E-state index < -0.39 is 5.60 Å². The van der Waals surface area contributed by atoms with Gasteiger partial charge in [-0.2, -0.15) is 0 Å². The van der Waals surface area contributed by atoms with Crippen molar-refractivity contribution in [2.24, 2.45) is 0 Å². The Bertz CT molecular complexity index is 1750. The van der Waals surface area contributed by atoms with Gasteiger partial charge in [-0.3, -0.25) is 0 Å². The Labute approximate surface area is 312 Å². The summed E-state index contributed by atoms with van der Waals surface area (Å²) in [6.45, 7) is 7.88. The number of halogens is 1. The van der Waals surface area contributed by atoms with E-state index in [0.717, 1.165) is 42.3 Å². The molecule has 0 saturated heterocycles. The molecule has 0 unspecified atom stereocenters. The second-order valence-electron chi connectivity index (χ2n) is 15.1. The van der Waals surface area contributed by atoms with E-state index in [-0.39, 0.29) is 0 Å². The van der Waals surface area contributed by atoms with E-state index in [2.05, 4.69) is 114 Å². The SMILES string of the molecule is CCCCCCCCn1c2cc(Br)ccc2c2ccc(-c3c(C(O)(CCCCCCCC)CCCCCCCC)ccc4ccccc34)cc21. The zero-order valence-corrected chi connectivity index (χ0v) is 33.1. The van der Waals surface area contributed by atoms with Crippen molar-refractivity contribution >= 4 is 48.5 Å². The van der Waals surface area contributed by atoms with Crippen LogP contribution in [-0.4, -0.2) is 9.67 Å². The van der Waals surface area contributed by atoms with Crippen LogP contribution in [0.5, 0.6) is 0 Å². The Balaban J connectivity index is 1.57. The van der Waals surface area contributed by atoms with E-state index in [4.69, 9.17) is 0 Å². The molecule has 0 atom stereocenters. The van der Waals surface area contributed by atoms with Crippen LogP contribution in [-0.2, 0) is 12.1 Å². The molecule has 0 fully saturated rings. The van der Waals surface area contributed by atoms with Crippen LogP contribution in [0, 0.1) is 0 Å². The highest BCUT2D eigenvalue weighted by Crippen LogP contribution is 2.44. The number of nitrogens with zero attached hydrogens (tertiary/aromatic N) is 1. The predicted molar refractivity (Wildman–Crippen MR) is 223 cm³/mol. The average molecular weight is 739 g/mol. The van der Waals surface area contributed by atoms with Crippen LogP contribution in [0.15, 0.2) is 77.3 Å². The molecule has 0 bridgehead atoms. The Morgan fingerprint density at radius 2 is 1.08 bits per heavy atom. The highest BCUT2D eigenvalue weighted by atomic mass is 79.9. The molecule has 5 rings (SSSR count). The third-order valence-corrected chi connectivity index (χ3v) is 11.7. The minimum atomic E-state index is -0.847. The van der Waals surface area contributed by atoms with Crippen molar-refractivity contribution in [3.05, 3.63) is 82.8 Å². The van der Waals surface area contributed by atoms with Crippen LogP contribution in [0.2, 0.25) is 0 Å². The molecule has 1 heterocycles. The monoisotopic (exact) mass is 737 g/mol. The number of hydrogen-bond donors (Lipinski definition) is 1. The summed E-state index contributed by atoms with van der Waals surface area (Å²) in [4.78, 5) is 0. The topological polar surface area (TPSA) is 25.2 Å². The maximum Gasteiger partial charge on any atom is 0.0902 e. The quantitative estimate of drug-likeness (QED) is 0.0663. The van der Waals surface area contributed by atoms with E-state index in [1.807, 2.05) is 0 Å². The second-order valence-corrected chi connectivity index (χ2v) is 16.0. The molecule has 0 saturated carbocycles. The Morgan fingerprint density at radius 3 is 1.72 bits per heavy atom. The molecular weight excluding hydrogens is 674 g/mol. The third-order valence-electron chi connectivity index (χ3n) is 11.2. The molecular formula is C47H64BrNO. The van der Waals surface area contributed by atoms with Gasteiger partial charge in [-0.25, -0.2) is 0 Å². The van der Waals surface area contributed by atoms with Gasteiger partial charge in [0.05, 0.1) is 11.1 Å². The molecule has 4 aromatic carbocycles. The van der Waals surface area contributed by atoms with Crippen LogP contribution in [0.4, 0.5) is 0 Å². The normalized spacial score (nSPS) is 12.2. The number of benzene rings is 4. The summed E-state index contributed by atoms with van der Waals surface area (Å²) in [6, 6.07) is 27.2. The first-order valence-corrected chi connectivity index (χ1v) is 21.3. The molecule has 3 heteroatoms. The van der Waals surface area contributed by atoms with Crippen molar-refractivity contribution in [1.29, 1.82) is 0 Å². The van der Waals surface area contributed by atoms with E-state index in [1.165, 1.54) is 146 Å². The van der Waals surface area contributed by atoms with Crippen LogP contribution >= 0.6 is 15.9 Å². The average Bonchev–Trinajstić information content (AvgIpc) is 3.43. The summed E-state index contributed by atoms with van der Waals surface area (Å²) in [5.41, 5.74) is 5.33. The number of aryl methyl sites for hydroxylation is 1. The first kappa shape index (κ1) is 38.6. The van der Waals surface area contributed by atoms with Gasteiger partial charge in [0.2, 0.25) is 0 Å². The van der Waals surface area contributed by atoms with Crippen molar-refractivity contribution < 1.29 is 5.11 Å². The van der Waals surface area contributed by atoms with Crippen LogP contribution < -0.4 is 0 Å². The van der Waals surface area contributed by atoms with Crippen molar-refractivity contribution in [2.75, 3.05) is 0 Å². The largest absolute Gasteiger partial charge is 0.385 e. The number of rotatable bonds is 23. The number of aliphatic hydroxyl groups is 1. The van der Waals surface area contributed by atoms with Gasteiger partial charge in [0.15, 0.2) is 0 Å². The molecule has 1 N–H and O–H groups in total. The summed E-state index contributed by atoms with van der Waals surface area (Å²) in [6.07, 6.45) is 24.2. The maximum absolute atomic E-state index is 12.9. The first-order valence-electron chi connectivity index (χ1n) is 20.5. The summed E-state index contributed by atoms with van der Waals surface area (Å²) in [7, 11) is 0. The molecule has 50 heavy (non-hydrogen) atoms. The summed E-state index contributed by atoms with van der Waals surface area (Å²) in [5.74, 6) is 0. The van der Waals surface area contributed by atoms with Crippen molar-refractivity contribution in [3.8, 4) is 11.1 Å². The standard InChI is InChI=1S/C47H64BrNO/c1-4-7-10-13-16-21-32-47(50,33-22-17-14-11-8-5-2)43-31-27-37-24-19-20-25-40(37)46(43)38-26-29-41-42-30-28-39(48)36-45(42)49(44(41)35-38)34-23-18-15-12-9-6-3/h19-20,24-31,35-36,50H,4-18,21-23,32-34H2,1-3H3. The van der Waals surface area contributed by atoms with Gasteiger partial charge in [0, 0.05) is 27.3 Å². The number of aromatic nitrogens is 1. The number of unbranched alkanes of at least 4 members (excludes halogenated alkanes) is 15. The lowest BCUT2D eigenvalue weighted by molar-refractivity contribution is 0.0139. The molecule has 0 amide bonds. The zero-order valence-electron chi connectivity index (χ0n) is 31.5. The van der Waals surface area contributed by atoms with Crippen LogP contribution in [0.1, 0.15) is 155 Å². The van der Waals surface area contributed by atoms with Crippen LogP contribution in [0.3, 0.4) is 0 Å². The fraction of sp³-hybridized carbons (Fsp3) is 0.532. The predicted octanol–water partition coefficient (Wildman–Crippen LogP) is 15.4. The first-order chi connectivity index (χ1) is 24.5. The lowest BCUT2D eigenvalue weighted by Crippen LogP contribution is -2.27. The molecule has 0 spiro atoms. The smallest absolute Gasteiger partial charge is 0.0902 e. The highest BCUT2D eigenvalue weighted by molar-refractivity contribution is 9.10. The summed E-state index contributed by atoms with van der Waals surface area (Å²) < 4.78 is 3.70. The van der Waals surface area contributed by atoms with Crippen LogP contribution in [0.25, 0.3) is 43.7 Å². The molecule has 5 aromatic rings. The fourth-order valence-electron chi connectivity index (χ4n) is 8.28. The van der Waals surface area contributed by atoms with Gasteiger partial charge < -0.3 is 9.67 Å². The third kappa shape index (κ3) is 9.82. The second kappa shape index (κ2) is 19.8. The molecule has 1 aromatic heterocycles. The van der Waals surface area contributed by atoms with Gasteiger partial charge in [-0.1, -0.05) is 200 Å². The van der Waals surface area contributed by atoms with Gasteiger partial charge in [-0.05, 0) is 64.9 Å². The Morgan fingerprint density at radius 1 is 0.540 bits per heavy atom. The molecule has 0 aliphatic carbocycles. The summed E-state index contributed by atoms with van der Waals surface area (Å²) >= 11 is 3.78. The van der Waals surface area contributed by atoms with Gasteiger partial charge in [-0.15, -0.1) is 0 Å². The highest BCUT2D eigenvalue weighted by Gasteiger charge is 2.32. The van der Waals surface area contributed by atoms with Gasteiger partial charge in [0.25, 0.3) is 0 Å². The van der Waals surface area contributed by atoms with E-state index in [1.54, 1.807) is 0 Å². The van der Waals surface area contributed by atoms with Gasteiger partial charge >= 0.3 is 0 Å². The lowest BCUT2D eigenvalue weighted by Gasteiger charge is -2.32. The van der Waals surface area contributed by atoms with E-state index in [9.17, 15) is 5.11 Å². The zero-order chi connectivity index (χ0) is 35.2. The lowest BCUT2D eigenvalue weighted by atomic mass is 9.78. The van der Waals surface area contributed by atoms with E-state index >= 15 is 0 Å². The Kier molecular flexibility index (Phi) is 15.3. The van der Waals surface area contributed by atoms with Crippen molar-refractivity contribution in [1.82, 2.24) is 4.57 Å². The van der Waals surface area contributed by atoms with Gasteiger partial charge in [0.1, 0.15) is 0 Å².